The molecule has 2 aromatic carbocycles. The van der Waals surface area contributed by atoms with Crippen LogP contribution in [0.15, 0.2) is 53.4 Å². The predicted octanol–water partition coefficient (Wildman–Crippen LogP) is 3.64. The van der Waals surface area contributed by atoms with E-state index >= 15 is 0 Å². The maximum atomic E-state index is 5.77. The Kier molecular flexibility index (Phi) is 4.68. The molecular weight excluding hydrogens is 282 g/mol. The second-order valence-electron chi connectivity index (χ2n) is 4.90. The average molecular weight is 301 g/mol. The topological polar surface area (TPSA) is 44.5 Å². The molecule has 1 aliphatic heterocycles. The van der Waals surface area contributed by atoms with Gasteiger partial charge in [0.1, 0.15) is 13.2 Å². The van der Waals surface area contributed by atoms with E-state index in [0.29, 0.717) is 25.0 Å². The van der Waals surface area contributed by atoms with Crippen LogP contribution in [0, 0.1) is 0 Å². The summed E-state index contributed by atoms with van der Waals surface area (Å²) in [5, 5.41) is 0.360. The van der Waals surface area contributed by atoms with E-state index in [1.165, 1.54) is 10.5 Å². The normalized spacial score (nSPS) is 14.7. The van der Waals surface area contributed by atoms with Crippen LogP contribution in [-0.4, -0.2) is 19.8 Å². The van der Waals surface area contributed by atoms with Crippen molar-refractivity contribution < 1.29 is 9.47 Å². The third-order valence-electron chi connectivity index (χ3n) is 3.39. The summed E-state index contributed by atoms with van der Waals surface area (Å²) in [5.74, 6) is 1.67. The van der Waals surface area contributed by atoms with Crippen LogP contribution in [0.5, 0.6) is 11.5 Å². The van der Waals surface area contributed by atoms with Crippen molar-refractivity contribution in [1.29, 1.82) is 0 Å². The highest BCUT2D eigenvalue weighted by atomic mass is 32.2. The van der Waals surface area contributed by atoms with E-state index in [2.05, 4.69) is 36.4 Å². The van der Waals surface area contributed by atoms with Crippen molar-refractivity contribution in [1.82, 2.24) is 0 Å². The van der Waals surface area contributed by atoms with Crippen LogP contribution < -0.4 is 15.2 Å². The molecule has 21 heavy (non-hydrogen) atoms. The first-order valence-electron chi connectivity index (χ1n) is 7.18. The van der Waals surface area contributed by atoms with Crippen LogP contribution in [0.3, 0.4) is 0 Å². The molecule has 0 aliphatic carbocycles. The summed E-state index contributed by atoms with van der Waals surface area (Å²) in [6.07, 6.45) is 0.948. The largest absolute Gasteiger partial charge is 0.486 e. The molecule has 0 aromatic heterocycles. The van der Waals surface area contributed by atoms with Gasteiger partial charge in [-0.25, -0.2) is 0 Å². The van der Waals surface area contributed by atoms with Crippen molar-refractivity contribution in [2.75, 3.05) is 19.8 Å². The number of ether oxygens (including phenoxy) is 2. The quantitative estimate of drug-likeness (QED) is 0.856. The number of hydrogen-bond acceptors (Lipinski definition) is 4. The van der Waals surface area contributed by atoms with Crippen LogP contribution >= 0.6 is 11.8 Å². The number of benzene rings is 2. The number of fused-ring (bicyclic) bond motifs is 1. The molecule has 2 N–H and O–H groups in total. The number of rotatable bonds is 5. The van der Waals surface area contributed by atoms with Crippen LogP contribution in [0.1, 0.15) is 17.2 Å². The zero-order valence-electron chi connectivity index (χ0n) is 11.8. The summed E-state index contributed by atoms with van der Waals surface area (Å²) in [4.78, 5) is 1.18. The molecule has 4 heteroatoms. The number of hydrogen-bond donors (Lipinski definition) is 1. The van der Waals surface area contributed by atoms with Gasteiger partial charge in [0.2, 0.25) is 0 Å². The van der Waals surface area contributed by atoms with Crippen molar-refractivity contribution >= 4 is 11.8 Å². The Balaban J connectivity index is 1.79. The zero-order valence-corrected chi connectivity index (χ0v) is 12.6. The Morgan fingerprint density at radius 2 is 1.76 bits per heavy atom. The van der Waals surface area contributed by atoms with Gasteiger partial charge in [-0.1, -0.05) is 30.3 Å². The molecule has 0 radical (unpaired) electrons. The van der Waals surface area contributed by atoms with Gasteiger partial charge in [0.15, 0.2) is 11.5 Å². The molecule has 2 aromatic rings. The molecule has 0 bridgehead atoms. The SMILES string of the molecule is NCCC(Sc1ccc2c(c1)OCCO2)c1ccccc1. The number of nitrogens with two attached hydrogens (primary N) is 1. The van der Waals surface area contributed by atoms with Gasteiger partial charge in [-0.2, -0.15) is 0 Å². The molecule has 1 unspecified atom stereocenters. The van der Waals surface area contributed by atoms with E-state index in [9.17, 15) is 0 Å². The fraction of sp³-hybridized carbons (Fsp3) is 0.294. The monoisotopic (exact) mass is 301 g/mol. The minimum Gasteiger partial charge on any atom is -0.486 e. The molecule has 0 saturated heterocycles. The first-order chi connectivity index (χ1) is 10.4. The first-order valence-corrected chi connectivity index (χ1v) is 8.06. The molecule has 3 nitrogen and oxygen atoms in total. The lowest BCUT2D eigenvalue weighted by molar-refractivity contribution is 0.171. The van der Waals surface area contributed by atoms with E-state index in [0.717, 1.165) is 17.9 Å². The smallest absolute Gasteiger partial charge is 0.162 e. The molecule has 3 rings (SSSR count). The lowest BCUT2D eigenvalue weighted by Gasteiger charge is -2.20. The molecular formula is C17H19NO2S. The average Bonchev–Trinajstić information content (AvgIpc) is 2.55. The summed E-state index contributed by atoms with van der Waals surface area (Å²) >= 11 is 1.82. The highest BCUT2D eigenvalue weighted by Crippen LogP contribution is 2.41. The first kappa shape index (κ1) is 14.3. The summed E-state index contributed by atoms with van der Waals surface area (Å²) < 4.78 is 11.2. The van der Waals surface area contributed by atoms with E-state index in [1.807, 2.05) is 23.9 Å². The molecule has 1 atom stereocenters. The standard InChI is InChI=1S/C17H19NO2S/c18-9-8-17(13-4-2-1-3-5-13)21-14-6-7-15-16(12-14)20-11-10-19-15/h1-7,12,17H,8-11,18H2. The summed E-state index contributed by atoms with van der Waals surface area (Å²) in [6, 6.07) is 16.6. The van der Waals surface area contributed by atoms with Gasteiger partial charge in [0.25, 0.3) is 0 Å². The second-order valence-corrected chi connectivity index (χ2v) is 6.18. The van der Waals surface area contributed by atoms with Crippen molar-refractivity contribution in [2.24, 2.45) is 5.73 Å². The molecule has 1 heterocycles. The molecule has 0 fully saturated rings. The van der Waals surface area contributed by atoms with Crippen LogP contribution in [0.4, 0.5) is 0 Å². The third kappa shape index (κ3) is 3.52. The highest BCUT2D eigenvalue weighted by Gasteiger charge is 2.16. The van der Waals surface area contributed by atoms with Crippen molar-refractivity contribution in [3.8, 4) is 11.5 Å². The van der Waals surface area contributed by atoms with Gasteiger partial charge >= 0.3 is 0 Å². The fourth-order valence-electron chi connectivity index (χ4n) is 2.37. The Bertz CT molecular complexity index is 589. The van der Waals surface area contributed by atoms with E-state index < -0.39 is 0 Å². The van der Waals surface area contributed by atoms with Gasteiger partial charge in [-0.15, -0.1) is 11.8 Å². The minimum atomic E-state index is 0.360. The van der Waals surface area contributed by atoms with Crippen molar-refractivity contribution in [3.63, 3.8) is 0 Å². The highest BCUT2D eigenvalue weighted by molar-refractivity contribution is 7.99. The van der Waals surface area contributed by atoms with E-state index in [4.69, 9.17) is 15.2 Å². The van der Waals surface area contributed by atoms with E-state index in [-0.39, 0.29) is 0 Å². The molecule has 0 amide bonds. The molecule has 0 spiro atoms. The lowest BCUT2D eigenvalue weighted by Crippen LogP contribution is -2.15. The summed E-state index contributed by atoms with van der Waals surface area (Å²) in [7, 11) is 0. The lowest BCUT2D eigenvalue weighted by atomic mass is 10.1. The van der Waals surface area contributed by atoms with Gasteiger partial charge < -0.3 is 15.2 Å². The maximum Gasteiger partial charge on any atom is 0.162 e. The van der Waals surface area contributed by atoms with Gasteiger partial charge in [0, 0.05) is 10.1 Å². The molecule has 110 valence electrons. The summed E-state index contributed by atoms with van der Waals surface area (Å²) in [6.45, 7) is 1.92. The van der Waals surface area contributed by atoms with Crippen LogP contribution in [0.2, 0.25) is 0 Å². The maximum absolute atomic E-state index is 5.77. The van der Waals surface area contributed by atoms with Crippen molar-refractivity contribution in [3.05, 3.63) is 54.1 Å². The Morgan fingerprint density at radius 3 is 2.52 bits per heavy atom. The van der Waals surface area contributed by atoms with E-state index in [1.54, 1.807) is 0 Å². The molecule has 0 saturated carbocycles. The van der Waals surface area contributed by atoms with Crippen molar-refractivity contribution in [2.45, 2.75) is 16.6 Å². The third-order valence-corrected chi connectivity index (χ3v) is 4.71. The Labute approximate surface area is 129 Å². The van der Waals surface area contributed by atoms with Crippen LogP contribution in [-0.2, 0) is 0 Å². The van der Waals surface area contributed by atoms with Gasteiger partial charge in [-0.05, 0) is 36.7 Å². The Morgan fingerprint density at radius 1 is 1.00 bits per heavy atom. The predicted molar refractivity (Wildman–Crippen MR) is 86.1 cm³/mol. The fourth-order valence-corrected chi connectivity index (χ4v) is 3.57. The number of thioether (sulfide) groups is 1. The summed E-state index contributed by atoms with van der Waals surface area (Å²) in [5.41, 5.74) is 7.08. The Hall–Kier alpha value is -1.65. The second kappa shape index (κ2) is 6.87. The van der Waals surface area contributed by atoms with Gasteiger partial charge in [-0.3, -0.25) is 0 Å². The van der Waals surface area contributed by atoms with Crippen LogP contribution in [0.25, 0.3) is 0 Å². The molecule has 1 aliphatic rings. The zero-order chi connectivity index (χ0) is 14.5. The minimum absolute atomic E-state index is 0.360. The van der Waals surface area contributed by atoms with Gasteiger partial charge in [0.05, 0.1) is 0 Å².